The van der Waals surface area contributed by atoms with E-state index in [1.807, 2.05) is 77.7 Å². The van der Waals surface area contributed by atoms with E-state index in [-0.39, 0.29) is 36.6 Å². The zero-order valence-electron chi connectivity index (χ0n) is 34.9. The maximum atomic E-state index is 14.4. The Morgan fingerprint density at radius 2 is 1.42 bits per heavy atom. The fourth-order valence-electron chi connectivity index (χ4n) is 7.92. The molecule has 0 radical (unpaired) electrons. The Balaban J connectivity index is 0.993. The first-order valence-electron chi connectivity index (χ1n) is 20.9. The van der Waals surface area contributed by atoms with Crippen molar-refractivity contribution in [2.75, 3.05) is 68.3 Å². The molecule has 1 aliphatic carbocycles. The largest absolute Gasteiger partial charge is 0.456 e. The number of fused-ring (bicyclic) bond motifs is 2. The topological polar surface area (TPSA) is 111 Å². The molecular weight excluding hydrogens is 789 g/mol. The van der Waals surface area contributed by atoms with Crippen molar-refractivity contribution in [2.45, 2.75) is 56.4 Å². The number of nitrogens with zero attached hydrogens (tertiary/aromatic N) is 4. The van der Waals surface area contributed by atoms with Crippen molar-refractivity contribution in [2.24, 2.45) is 0 Å². The van der Waals surface area contributed by atoms with Crippen LogP contribution in [0.5, 0.6) is 5.75 Å². The lowest BCUT2D eigenvalue weighted by Gasteiger charge is -2.36. The Morgan fingerprint density at radius 3 is 2.08 bits per heavy atom. The molecule has 10 nitrogen and oxygen atoms in total. The number of nitrogen functional groups attached to an aromatic ring is 1. The predicted octanol–water partition coefficient (Wildman–Crippen LogP) is 8.98. The molecule has 0 bridgehead atoms. The zero-order chi connectivity index (χ0) is 42.2. The van der Waals surface area contributed by atoms with E-state index in [1.165, 1.54) is 0 Å². The fourth-order valence-corrected chi connectivity index (χ4v) is 9.85. The molecule has 1 atom stereocenters. The number of amides is 3. The van der Waals surface area contributed by atoms with Gasteiger partial charge in [-0.3, -0.25) is 19.3 Å². The van der Waals surface area contributed by atoms with Gasteiger partial charge in [0.2, 0.25) is 11.8 Å². The molecule has 12 heteroatoms. The minimum Gasteiger partial charge on any atom is -0.456 e. The molecule has 1 fully saturated rings. The highest BCUT2D eigenvalue weighted by Gasteiger charge is 2.32. The molecule has 0 saturated carbocycles. The van der Waals surface area contributed by atoms with E-state index >= 15 is 0 Å². The molecule has 0 aromatic heterocycles. The fraction of sp³-hybridized carbons (Fsp3) is 0.312. The van der Waals surface area contributed by atoms with E-state index < -0.39 is 0 Å². The van der Waals surface area contributed by atoms with E-state index in [0.717, 1.165) is 81.1 Å². The Morgan fingerprint density at radius 1 is 0.767 bits per heavy atom. The standard InChI is InChI=1S/C48H54N6O4S2/c1-5-51(6-2)35-17-23-41-43(31-35)58-44-32-36(52(7-3)8-4)18-24-42(44)47(41)39-11-9-10-12-40(39)48(57)54-29-27-53(28-30-54)46(56)26-25-45(55)50-34-15-21-38(22-16-34)60-59-37-19-13-33(49)14-20-37/h9-24,31-32,35H,5-8,25-30,49H2,1-4H3,(H,50,55). The normalized spacial score (nSPS) is 15.9. The third-order valence-electron chi connectivity index (χ3n) is 11.3. The average Bonchev–Trinajstić information content (AvgIpc) is 3.28. The van der Waals surface area contributed by atoms with Gasteiger partial charge in [-0.05, 0) is 105 Å². The summed E-state index contributed by atoms with van der Waals surface area (Å²) in [5.74, 6) is 1.20. The molecule has 60 heavy (non-hydrogen) atoms. The van der Waals surface area contributed by atoms with E-state index in [2.05, 4.69) is 79.2 Å². The second-order valence-corrected chi connectivity index (χ2v) is 17.1. The molecule has 4 aromatic rings. The minimum absolute atomic E-state index is 0.0717. The van der Waals surface area contributed by atoms with Crippen LogP contribution in [0, 0.1) is 0 Å². The van der Waals surface area contributed by atoms with Gasteiger partial charge in [0, 0.05) is 107 Å². The number of allylic oxidation sites excluding steroid dienone is 1. The molecule has 2 heterocycles. The molecule has 0 spiro atoms. The second-order valence-electron chi connectivity index (χ2n) is 14.9. The smallest absolute Gasteiger partial charge is 0.254 e. The summed E-state index contributed by atoms with van der Waals surface area (Å²) in [4.78, 5) is 51.0. The van der Waals surface area contributed by atoms with Crippen LogP contribution in [0.25, 0.3) is 5.57 Å². The van der Waals surface area contributed by atoms with Gasteiger partial charge in [-0.1, -0.05) is 65.8 Å². The molecule has 2 aliphatic heterocycles. The Labute approximate surface area is 361 Å². The summed E-state index contributed by atoms with van der Waals surface area (Å²) in [7, 11) is 3.26. The molecule has 1 saturated heterocycles. The number of likely N-dealkylation sites (N-methyl/N-ethyl adjacent to an activating group) is 1. The quantitative estimate of drug-likeness (QED) is 0.0896. The van der Waals surface area contributed by atoms with Crippen molar-refractivity contribution in [3.63, 3.8) is 0 Å². The van der Waals surface area contributed by atoms with Crippen LogP contribution in [0.4, 0.5) is 17.1 Å². The highest BCUT2D eigenvalue weighted by Crippen LogP contribution is 2.46. The summed E-state index contributed by atoms with van der Waals surface area (Å²) < 4.78 is 6.72. The Hall–Kier alpha value is -5.43. The Kier molecular flexibility index (Phi) is 14.1. The molecule has 3 amide bonds. The van der Waals surface area contributed by atoms with Crippen LogP contribution in [0.15, 0.2) is 130 Å². The van der Waals surface area contributed by atoms with Gasteiger partial charge in [-0.15, -0.1) is 0 Å². The molecule has 3 aliphatic rings. The van der Waals surface area contributed by atoms with Crippen LogP contribution >= 0.6 is 21.6 Å². The van der Waals surface area contributed by atoms with Gasteiger partial charge in [-0.25, -0.2) is 0 Å². The average molecular weight is 843 g/mol. The third kappa shape index (κ3) is 9.78. The number of carbonyl (C=O) groups excluding carboxylic acids is 3. The number of rotatable bonds is 15. The first-order chi connectivity index (χ1) is 29.2. The van der Waals surface area contributed by atoms with Crippen LogP contribution in [0.3, 0.4) is 0 Å². The monoisotopic (exact) mass is 842 g/mol. The SMILES string of the molecule is CCN(CC)c1ccc2c(c1)OC1=CC(N(CC)CC)C=CC1=C2c1ccccc1C(=O)N1CCN(C(=O)CCC(=O)Nc2ccc(SSc3ccc(N)cc3)cc2)CC1. The van der Waals surface area contributed by atoms with Crippen molar-refractivity contribution in [1.82, 2.24) is 14.7 Å². The van der Waals surface area contributed by atoms with E-state index in [0.29, 0.717) is 37.4 Å². The molecule has 4 aromatic carbocycles. The number of carbonyl (C=O) groups is 3. The first-order valence-corrected chi connectivity index (χ1v) is 23.1. The van der Waals surface area contributed by atoms with Gasteiger partial charge in [0.1, 0.15) is 11.5 Å². The van der Waals surface area contributed by atoms with Crippen molar-refractivity contribution in [3.8, 4) is 5.75 Å². The maximum Gasteiger partial charge on any atom is 0.254 e. The summed E-state index contributed by atoms with van der Waals surface area (Å²) >= 11 is 0. The van der Waals surface area contributed by atoms with E-state index in [4.69, 9.17) is 10.5 Å². The number of hydrogen-bond donors (Lipinski definition) is 2. The maximum absolute atomic E-state index is 14.4. The Bertz CT molecular complexity index is 2270. The number of benzene rings is 4. The van der Waals surface area contributed by atoms with Gasteiger partial charge in [-0.2, -0.15) is 0 Å². The number of piperazine rings is 1. The highest BCUT2D eigenvalue weighted by molar-refractivity contribution is 8.76. The minimum atomic E-state index is -0.214. The van der Waals surface area contributed by atoms with Crippen molar-refractivity contribution < 1.29 is 19.1 Å². The summed E-state index contributed by atoms with van der Waals surface area (Å²) in [6.07, 6.45) is 6.74. The lowest BCUT2D eigenvalue weighted by atomic mass is 9.84. The predicted molar refractivity (Wildman–Crippen MR) is 246 cm³/mol. The molecule has 1 unspecified atom stereocenters. The molecule has 312 valence electrons. The van der Waals surface area contributed by atoms with Crippen molar-refractivity contribution in [3.05, 3.63) is 137 Å². The van der Waals surface area contributed by atoms with Gasteiger partial charge in [0.15, 0.2) is 0 Å². The number of ether oxygens (including phenoxy) is 1. The van der Waals surface area contributed by atoms with Gasteiger partial charge < -0.3 is 30.5 Å². The molecular formula is C48H54N6O4S2. The van der Waals surface area contributed by atoms with E-state index in [9.17, 15) is 14.4 Å². The lowest BCUT2D eigenvalue weighted by molar-refractivity contribution is -0.134. The molecule has 3 N–H and O–H groups in total. The zero-order valence-corrected chi connectivity index (χ0v) is 36.5. The van der Waals surface area contributed by atoms with Gasteiger partial charge in [0.25, 0.3) is 5.91 Å². The molecule has 7 rings (SSSR count). The van der Waals surface area contributed by atoms with Crippen molar-refractivity contribution in [1.29, 1.82) is 0 Å². The first kappa shape index (κ1) is 42.7. The van der Waals surface area contributed by atoms with E-state index in [1.54, 1.807) is 26.5 Å². The third-order valence-corrected chi connectivity index (χ3v) is 13.7. The number of anilines is 3. The summed E-state index contributed by atoms with van der Waals surface area (Å²) in [5.41, 5.74) is 12.6. The van der Waals surface area contributed by atoms with Crippen LogP contribution in [-0.4, -0.2) is 90.8 Å². The highest BCUT2D eigenvalue weighted by atomic mass is 33.1. The number of nitrogens with one attached hydrogen (secondary N) is 1. The second kappa shape index (κ2) is 19.8. The van der Waals surface area contributed by atoms with Crippen LogP contribution < -0.4 is 20.7 Å². The lowest BCUT2D eigenvalue weighted by Crippen LogP contribution is -2.50. The van der Waals surface area contributed by atoms with Crippen LogP contribution in [0.1, 0.15) is 62.0 Å². The number of nitrogens with two attached hydrogens (primary N) is 1. The van der Waals surface area contributed by atoms with Crippen LogP contribution in [-0.2, 0) is 9.59 Å². The number of hydrogen-bond acceptors (Lipinski definition) is 9. The summed E-state index contributed by atoms with van der Waals surface area (Å²) in [6.45, 7) is 13.9. The van der Waals surface area contributed by atoms with Crippen molar-refractivity contribution >= 4 is 61.9 Å². The summed E-state index contributed by atoms with van der Waals surface area (Å²) in [5, 5.41) is 2.91. The van der Waals surface area contributed by atoms with Crippen LogP contribution in [0.2, 0.25) is 0 Å². The van der Waals surface area contributed by atoms with Gasteiger partial charge >= 0.3 is 0 Å². The van der Waals surface area contributed by atoms with Gasteiger partial charge in [0.05, 0.1) is 6.04 Å². The summed E-state index contributed by atoms with van der Waals surface area (Å²) in [6, 6.07) is 29.7.